The van der Waals surface area contributed by atoms with Crippen molar-refractivity contribution >= 4 is 21.2 Å². The number of ether oxygens (including phenoxy) is 1. The van der Waals surface area contributed by atoms with E-state index in [4.69, 9.17) is 4.74 Å². The van der Waals surface area contributed by atoms with E-state index in [9.17, 15) is 8.42 Å². The summed E-state index contributed by atoms with van der Waals surface area (Å²) in [6.45, 7) is 0. The summed E-state index contributed by atoms with van der Waals surface area (Å²) >= 11 is 1.41. The highest BCUT2D eigenvalue weighted by Gasteiger charge is 2.18. The van der Waals surface area contributed by atoms with Crippen LogP contribution < -0.4 is 4.74 Å². The van der Waals surface area contributed by atoms with E-state index in [1.54, 1.807) is 24.6 Å². The second-order valence-corrected chi connectivity index (χ2v) is 7.60. The van der Waals surface area contributed by atoms with Crippen LogP contribution in [0.3, 0.4) is 0 Å². The molecule has 0 unspecified atom stereocenters. The molecule has 3 aromatic rings. The summed E-state index contributed by atoms with van der Waals surface area (Å²) in [7, 11) is -1.88. The summed E-state index contributed by atoms with van der Waals surface area (Å²) in [5.41, 5.74) is 1.41. The molecule has 0 atom stereocenters. The van der Waals surface area contributed by atoms with Crippen molar-refractivity contribution in [2.75, 3.05) is 7.11 Å². The van der Waals surface area contributed by atoms with Crippen LogP contribution in [0.2, 0.25) is 0 Å². The number of methoxy groups -OCH3 is 1. The molecule has 0 fully saturated rings. The molecule has 23 heavy (non-hydrogen) atoms. The fourth-order valence-corrected chi connectivity index (χ4v) is 4.18. The Hall–Kier alpha value is -2.25. The van der Waals surface area contributed by atoms with Gasteiger partial charge in [0.15, 0.2) is 5.03 Å². The highest BCUT2D eigenvalue weighted by atomic mass is 32.2. The third kappa shape index (κ3) is 3.57. The number of thiazole rings is 1. The number of rotatable bonds is 5. The van der Waals surface area contributed by atoms with Crippen molar-refractivity contribution in [2.24, 2.45) is 0 Å². The van der Waals surface area contributed by atoms with Gasteiger partial charge in [0.1, 0.15) is 10.8 Å². The third-order valence-corrected chi connectivity index (χ3v) is 5.66. The summed E-state index contributed by atoms with van der Waals surface area (Å²) in [5, 5.41) is 2.58. The van der Waals surface area contributed by atoms with E-state index in [2.05, 4.69) is 9.97 Å². The second kappa shape index (κ2) is 6.47. The van der Waals surface area contributed by atoms with Gasteiger partial charge in [-0.2, -0.15) is 0 Å². The van der Waals surface area contributed by atoms with Crippen molar-refractivity contribution in [3.63, 3.8) is 0 Å². The maximum atomic E-state index is 12.3. The lowest BCUT2D eigenvalue weighted by Crippen LogP contribution is -2.06. The molecule has 7 heteroatoms. The lowest BCUT2D eigenvalue weighted by Gasteiger charge is -2.02. The molecule has 0 aliphatic rings. The summed E-state index contributed by atoms with van der Waals surface area (Å²) in [5.74, 6) is 0.574. The Bertz CT molecular complexity index is 906. The normalized spacial score (nSPS) is 11.3. The summed E-state index contributed by atoms with van der Waals surface area (Å²) in [6.07, 6.45) is 1.47. The molecule has 1 aromatic carbocycles. The van der Waals surface area contributed by atoms with E-state index < -0.39 is 9.84 Å². The zero-order chi connectivity index (χ0) is 16.3. The van der Waals surface area contributed by atoms with Gasteiger partial charge in [-0.05, 0) is 24.3 Å². The molecule has 0 aliphatic heterocycles. The Morgan fingerprint density at radius 2 is 2.04 bits per heavy atom. The van der Waals surface area contributed by atoms with E-state index in [0.29, 0.717) is 5.69 Å². The first-order valence-electron chi connectivity index (χ1n) is 6.81. The topological polar surface area (TPSA) is 69.2 Å². The van der Waals surface area contributed by atoms with Crippen LogP contribution >= 0.6 is 11.3 Å². The van der Waals surface area contributed by atoms with Crippen LogP contribution in [0.25, 0.3) is 10.6 Å². The predicted molar refractivity (Wildman–Crippen MR) is 89.2 cm³/mol. The van der Waals surface area contributed by atoms with Gasteiger partial charge in [-0.1, -0.05) is 18.2 Å². The lowest BCUT2D eigenvalue weighted by molar-refractivity contribution is 0.415. The van der Waals surface area contributed by atoms with Crippen LogP contribution in [-0.2, 0) is 15.6 Å². The highest BCUT2D eigenvalue weighted by Crippen LogP contribution is 2.27. The number of nitrogens with zero attached hydrogens (tertiary/aromatic N) is 2. The summed E-state index contributed by atoms with van der Waals surface area (Å²) in [6, 6.07) is 12.3. The van der Waals surface area contributed by atoms with Gasteiger partial charge in [-0.15, -0.1) is 11.3 Å². The minimum absolute atomic E-state index is 0.0657. The molecule has 2 heterocycles. The monoisotopic (exact) mass is 346 g/mol. The summed E-state index contributed by atoms with van der Waals surface area (Å²) in [4.78, 5) is 8.33. The standard InChI is InChI=1S/C16H14N2O3S2/c1-21-14-6-4-5-12(9-14)16-18-13(10-22-16)11-23(19,20)15-7-2-3-8-17-15/h2-10H,11H2,1H3. The fourth-order valence-electron chi connectivity index (χ4n) is 2.06. The Balaban J connectivity index is 1.85. The number of sulfone groups is 1. The van der Waals surface area contributed by atoms with Crippen LogP contribution in [0.15, 0.2) is 59.1 Å². The van der Waals surface area contributed by atoms with E-state index in [-0.39, 0.29) is 10.8 Å². The van der Waals surface area contributed by atoms with Crippen molar-refractivity contribution in [3.8, 4) is 16.3 Å². The first-order valence-corrected chi connectivity index (χ1v) is 9.34. The molecule has 0 spiro atoms. The molecule has 0 saturated carbocycles. The molecule has 118 valence electrons. The number of pyridine rings is 1. The van der Waals surface area contributed by atoms with Crippen molar-refractivity contribution in [2.45, 2.75) is 10.8 Å². The zero-order valence-corrected chi connectivity index (χ0v) is 14.0. The van der Waals surface area contributed by atoms with Crippen molar-refractivity contribution in [1.82, 2.24) is 9.97 Å². The van der Waals surface area contributed by atoms with Crippen LogP contribution in [0.1, 0.15) is 5.69 Å². The van der Waals surface area contributed by atoms with Crippen LogP contribution in [0, 0.1) is 0 Å². The molecule has 2 aromatic heterocycles. The number of benzene rings is 1. The average molecular weight is 346 g/mol. The SMILES string of the molecule is COc1cccc(-c2nc(CS(=O)(=O)c3ccccn3)cs2)c1. The maximum Gasteiger partial charge on any atom is 0.201 e. The maximum absolute atomic E-state index is 12.3. The highest BCUT2D eigenvalue weighted by molar-refractivity contribution is 7.90. The molecule has 0 bridgehead atoms. The largest absolute Gasteiger partial charge is 0.497 e. The molecule has 5 nitrogen and oxygen atoms in total. The van der Waals surface area contributed by atoms with Gasteiger partial charge in [-0.3, -0.25) is 0 Å². The van der Waals surface area contributed by atoms with Crippen LogP contribution in [-0.4, -0.2) is 25.5 Å². The molecule has 0 N–H and O–H groups in total. The van der Waals surface area contributed by atoms with E-state index in [1.165, 1.54) is 23.6 Å². The van der Waals surface area contributed by atoms with Crippen molar-refractivity contribution < 1.29 is 13.2 Å². The number of hydrogen-bond acceptors (Lipinski definition) is 6. The van der Waals surface area contributed by atoms with E-state index >= 15 is 0 Å². The lowest BCUT2D eigenvalue weighted by atomic mass is 10.2. The molecule has 0 aliphatic carbocycles. The van der Waals surface area contributed by atoms with Gasteiger partial charge in [0.25, 0.3) is 0 Å². The Morgan fingerprint density at radius 1 is 1.17 bits per heavy atom. The van der Waals surface area contributed by atoms with Gasteiger partial charge >= 0.3 is 0 Å². The first kappa shape index (κ1) is 15.6. The van der Waals surface area contributed by atoms with E-state index in [0.717, 1.165) is 16.3 Å². The molecular formula is C16H14N2O3S2. The Labute approximate surface area is 138 Å². The van der Waals surface area contributed by atoms with Crippen molar-refractivity contribution in [3.05, 3.63) is 59.7 Å². The second-order valence-electron chi connectivity index (χ2n) is 4.80. The Morgan fingerprint density at radius 3 is 2.78 bits per heavy atom. The molecule has 0 radical (unpaired) electrons. The zero-order valence-electron chi connectivity index (χ0n) is 12.3. The minimum atomic E-state index is -3.49. The van der Waals surface area contributed by atoms with Gasteiger partial charge in [0, 0.05) is 17.1 Å². The molecule has 0 amide bonds. The molecule has 3 rings (SSSR count). The van der Waals surface area contributed by atoms with Crippen molar-refractivity contribution in [1.29, 1.82) is 0 Å². The number of aromatic nitrogens is 2. The van der Waals surface area contributed by atoms with Crippen LogP contribution in [0.5, 0.6) is 5.75 Å². The van der Waals surface area contributed by atoms with Gasteiger partial charge in [-0.25, -0.2) is 18.4 Å². The molecule has 0 saturated heterocycles. The van der Waals surface area contributed by atoms with Gasteiger partial charge < -0.3 is 4.74 Å². The van der Waals surface area contributed by atoms with E-state index in [1.807, 2.05) is 24.3 Å². The average Bonchev–Trinajstić information content (AvgIpc) is 3.03. The smallest absolute Gasteiger partial charge is 0.201 e. The molecular weight excluding hydrogens is 332 g/mol. The van der Waals surface area contributed by atoms with Crippen LogP contribution in [0.4, 0.5) is 0 Å². The minimum Gasteiger partial charge on any atom is -0.497 e. The van der Waals surface area contributed by atoms with Gasteiger partial charge in [0.05, 0.1) is 18.6 Å². The Kier molecular flexibility index (Phi) is 4.40. The summed E-state index contributed by atoms with van der Waals surface area (Å²) < 4.78 is 29.9. The quantitative estimate of drug-likeness (QED) is 0.710. The fraction of sp³-hybridized carbons (Fsp3) is 0.125. The van der Waals surface area contributed by atoms with Gasteiger partial charge in [0.2, 0.25) is 9.84 Å². The third-order valence-electron chi connectivity index (χ3n) is 3.16. The first-order chi connectivity index (χ1) is 11.1. The predicted octanol–water partition coefficient (Wildman–Crippen LogP) is 3.19. The number of hydrogen-bond donors (Lipinski definition) is 0.